The molecule has 0 radical (unpaired) electrons. The molecule has 0 saturated carbocycles. The van der Waals surface area contributed by atoms with Crippen molar-refractivity contribution < 1.29 is 27.4 Å². The molecule has 0 atom stereocenters. The summed E-state index contributed by atoms with van der Waals surface area (Å²) < 4.78 is 42.3. The lowest BCUT2D eigenvalue weighted by Gasteiger charge is -2.26. The number of carbonyl (C=O) groups is 1. The summed E-state index contributed by atoms with van der Waals surface area (Å²) in [6.07, 6.45) is 2.87. The third kappa shape index (κ3) is 6.15. The molecule has 0 unspecified atom stereocenters. The van der Waals surface area contributed by atoms with Gasteiger partial charge in [0.15, 0.2) is 0 Å². The van der Waals surface area contributed by atoms with Gasteiger partial charge in [-0.2, -0.15) is 4.31 Å². The lowest BCUT2D eigenvalue weighted by Crippen LogP contribution is -2.40. The van der Waals surface area contributed by atoms with Gasteiger partial charge in [-0.05, 0) is 35.9 Å². The molecular weight excluding hydrogens is 394 g/mol. The smallest absolute Gasteiger partial charge is 0.330 e. The zero-order valence-electron chi connectivity index (χ0n) is 15.9. The fourth-order valence-corrected chi connectivity index (χ4v) is 4.13. The number of sulfonamides is 1. The average Bonchev–Trinajstić information content (AvgIpc) is 2.77. The Morgan fingerprint density at radius 3 is 2.38 bits per heavy atom. The zero-order valence-corrected chi connectivity index (χ0v) is 16.7. The van der Waals surface area contributed by atoms with E-state index in [4.69, 9.17) is 14.2 Å². The summed E-state index contributed by atoms with van der Waals surface area (Å²) in [4.78, 5) is 12.0. The molecule has 1 aliphatic rings. The predicted molar refractivity (Wildman–Crippen MR) is 108 cm³/mol. The van der Waals surface area contributed by atoms with E-state index in [0.717, 1.165) is 0 Å². The number of hydrogen-bond donors (Lipinski definition) is 0. The van der Waals surface area contributed by atoms with E-state index < -0.39 is 16.0 Å². The van der Waals surface area contributed by atoms with E-state index in [1.807, 2.05) is 30.3 Å². The highest BCUT2D eigenvalue weighted by molar-refractivity contribution is 7.89. The number of nitrogens with zero attached hydrogens (tertiary/aromatic N) is 1. The van der Waals surface area contributed by atoms with Gasteiger partial charge in [0.25, 0.3) is 0 Å². The van der Waals surface area contributed by atoms with E-state index in [1.54, 1.807) is 18.2 Å². The minimum absolute atomic E-state index is 0.134. The molecule has 1 saturated heterocycles. The van der Waals surface area contributed by atoms with Crippen molar-refractivity contribution in [2.24, 2.45) is 0 Å². The Labute approximate surface area is 170 Å². The van der Waals surface area contributed by atoms with E-state index in [-0.39, 0.29) is 18.1 Å². The molecule has 3 rings (SSSR count). The molecule has 154 valence electrons. The maximum Gasteiger partial charge on any atom is 0.330 e. The first-order valence-electron chi connectivity index (χ1n) is 9.26. The van der Waals surface area contributed by atoms with Gasteiger partial charge in [0.2, 0.25) is 10.0 Å². The molecule has 7 nitrogen and oxygen atoms in total. The van der Waals surface area contributed by atoms with Crippen LogP contribution in [-0.2, 0) is 24.3 Å². The number of rotatable bonds is 8. The van der Waals surface area contributed by atoms with Crippen LogP contribution >= 0.6 is 0 Å². The second-order valence-electron chi connectivity index (χ2n) is 6.25. The van der Waals surface area contributed by atoms with Gasteiger partial charge in [-0.25, -0.2) is 13.2 Å². The molecule has 0 N–H and O–H groups in total. The normalized spacial score (nSPS) is 15.3. The van der Waals surface area contributed by atoms with Crippen LogP contribution in [0.1, 0.15) is 5.56 Å². The monoisotopic (exact) mass is 417 g/mol. The van der Waals surface area contributed by atoms with E-state index in [0.29, 0.717) is 37.6 Å². The zero-order chi connectivity index (χ0) is 20.5. The van der Waals surface area contributed by atoms with Crippen molar-refractivity contribution in [1.29, 1.82) is 0 Å². The van der Waals surface area contributed by atoms with Crippen LogP contribution in [0.5, 0.6) is 5.75 Å². The quantitative estimate of drug-likeness (QED) is 0.373. The first-order valence-corrected chi connectivity index (χ1v) is 10.7. The Bertz CT molecular complexity index is 919. The van der Waals surface area contributed by atoms with Gasteiger partial charge >= 0.3 is 5.97 Å². The molecule has 0 amide bonds. The predicted octanol–water partition coefficient (Wildman–Crippen LogP) is 2.34. The molecule has 1 heterocycles. The number of para-hydroxylation sites is 1. The van der Waals surface area contributed by atoms with Crippen LogP contribution < -0.4 is 4.74 Å². The maximum atomic E-state index is 12.6. The number of esters is 1. The van der Waals surface area contributed by atoms with Crippen molar-refractivity contribution in [1.82, 2.24) is 4.31 Å². The Morgan fingerprint density at radius 2 is 1.69 bits per heavy atom. The van der Waals surface area contributed by atoms with Gasteiger partial charge in [0, 0.05) is 19.2 Å². The first kappa shape index (κ1) is 21.0. The van der Waals surface area contributed by atoms with Gasteiger partial charge in [-0.1, -0.05) is 30.3 Å². The summed E-state index contributed by atoms with van der Waals surface area (Å²) in [6.45, 7) is 1.90. The maximum absolute atomic E-state index is 12.6. The molecule has 2 aromatic carbocycles. The Hall–Kier alpha value is -2.68. The summed E-state index contributed by atoms with van der Waals surface area (Å²) in [5.41, 5.74) is 0.698. The Morgan fingerprint density at radius 1 is 1.00 bits per heavy atom. The molecule has 2 aromatic rings. The van der Waals surface area contributed by atoms with E-state index >= 15 is 0 Å². The summed E-state index contributed by atoms with van der Waals surface area (Å²) >= 11 is 0. The molecular formula is C21H23NO6S. The lowest BCUT2D eigenvalue weighted by molar-refractivity contribution is -0.138. The van der Waals surface area contributed by atoms with Crippen LogP contribution in [-0.4, -0.2) is 58.2 Å². The van der Waals surface area contributed by atoms with Crippen LogP contribution in [0.2, 0.25) is 0 Å². The Balaban J connectivity index is 1.47. The van der Waals surface area contributed by atoms with E-state index in [9.17, 15) is 13.2 Å². The molecule has 8 heteroatoms. The number of benzene rings is 2. The summed E-state index contributed by atoms with van der Waals surface area (Å²) in [7, 11) is -3.52. The number of hydrogen-bond acceptors (Lipinski definition) is 6. The van der Waals surface area contributed by atoms with Crippen molar-refractivity contribution in [3.8, 4) is 5.75 Å². The third-order valence-electron chi connectivity index (χ3n) is 4.24. The number of carbonyl (C=O) groups excluding carboxylic acids is 1. The number of ether oxygens (including phenoxy) is 3. The van der Waals surface area contributed by atoms with Crippen LogP contribution in [0.4, 0.5) is 0 Å². The van der Waals surface area contributed by atoms with Crippen LogP contribution in [0, 0.1) is 0 Å². The number of morpholine rings is 1. The van der Waals surface area contributed by atoms with Crippen molar-refractivity contribution in [2.75, 3.05) is 39.5 Å². The molecule has 29 heavy (non-hydrogen) atoms. The fraction of sp³-hybridized carbons (Fsp3) is 0.286. The summed E-state index contributed by atoms with van der Waals surface area (Å²) in [6, 6.07) is 15.6. The SMILES string of the molecule is O=C(C=Cc1ccc(S(=O)(=O)N2CCOCC2)cc1)OCCOc1ccccc1. The fourth-order valence-electron chi connectivity index (χ4n) is 2.72. The largest absolute Gasteiger partial charge is 0.490 e. The molecule has 1 fully saturated rings. The topological polar surface area (TPSA) is 82.1 Å². The standard InChI is InChI=1S/C21H23NO6S/c23-21(28-17-16-27-19-4-2-1-3-5-19)11-8-18-6-9-20(10-7-18)29(24,25)22-12-14-26-15-13-22/h1-11H,12-17H2. The Kier molecular flexibility index (Phi) is 7.40. The minimum Gasteiger partial charge on any atom is -0.490 e. The van der Waals surface area contributed by atoms with Gasteiger partial charge in [-0.15, -0.1) is 0 Å². The van der Waals surface area contributed by atoms with Crippen LogP contribution in [0.15, 0.2) is 65.6 Å². The van der Waals surface area contributed by atoms with Gasteiger partial charge in [0.05, 0.1) is 18.1 Å². The minimum atomic E-state index is -3.52. The van der Waals surface area contributed by atoms with Gasteiger partial charge < -0.3 is 14.2 Å². The van der Waals surface area contributed by atoms with Crippen molar-refractivity contribution >= 4 is 22.1 Å². The second-order valence-corrected chi connectivity index (χ2v) is 8.19. The van der Waals surface area contributed by atoms with Crippen LogP contribution in [0.3, 0.4) is 0 Å². The van der Waals surface area contributed by atoms with Crippen molar-refractivity contribution in [2.45, 2.75) is 4.90 Å². The average molecular weight is 417 g/mol. The van der Waals surface area contributed by atoms with E-state index in [1.165, 1.54) is 22.5 Å². The highest BCUT2D eigenvalue weighted by atomic mass is 32.2. The lowest BCUT2D eigenvalue weighted by atomic mass is 10.2. The van der Waals surface area contributed by atoms with E-state index in [2.05, 4.69) is 0 Å². The molecule has 1 aliphatic heterocycles. The molecule has 0 spiro atoms. The third-order valence-corrected chi connectivity index (χ3v) is 6.15. The second kappa shape index (κ2) is 10.2. The van der Waals surface area contributed by atoms with Gasteiger partial charge in [0.1, 0.15) is 19.0 Å². The van der Waals surface area contributed by atoms with Gasteiger partial charge in [-0.3, -0.25) is 0 Å². The summed E-state index contributed by atoms with van der Waals surface area (Å²) in [5.74, 6) is 0.220. The molecule has 0 aliphatic carbocycles. The molecule has 0 aromatic heterocycles. The first-order chi connectivity index (χ1) is 14.1. The van der Waals surface area contributed by atoms with Crippen LogP contribution in [0.25, 0.3) is 6.08 Å². The highest BCUT2D eigenvalue weighted by Gasteiger charge is 2.25. The highest BCUT2D eigenvalue weighted by Crippen LogP contribution is 2.18. The van der Waals surface area contributed by atoms with Crippen molar-refractivity contribution in [3.63, 3.8) is 0 Å². The molecule has 0 bridgehead atoms. The summed E-state index contributed by atoms with van der Waals surface area (Å²) in [5, 5.41) is 0. The van der Waals surface area contributed by atoms with Crippen molar-refractivity contribution in [3.05, 3.63) is 66.2 Å².